The van der Waals surface area contributed by atoms with Gasteiger partial charge in [0, 0.05) is 35.0 Å². The molecule has 3 heterocycles. The highest BCUT2D eigenvalue weighted by Gasteiger charge is 2.18. The van der Waals surface area contributed by atoms with E-state index in [0.29, 0.717) is 23.0 Å². The largest absolute Gasteiger partial charge is 0.324 e. The van der Waals surface area contributed by atoms with Crippen LogP contribution in [0.1, 0.15) is 5.56 Å². The minimum absolute atomic E-state index is 0.324. The summed E-state index contributed by atoms with van der Waals surface area (Å²) in [7, 11) is 1.95. The summed E-state index contributed by atoms with van der Waals surface area (Å²) >= 11 is 0. The van der Waals surface area contributed by atoms with Crippen molar-refractivity contribution < 1.29 is 4.79 Å². The van der Waals surface area contributed by atoms with E-state index in [1.807, 2.05) is 109 Å². The fraction of sp³-hybridized carbons (Fsp3) is 0.0909. The molecule has 0 aliphatic carbocycles. The van der Waals surface area contributed by atoms with Crippen LogP contribution in [0.15, 0.2) is 116 Å². The zero-order valence-corrected chi connectivity index (χ0v) is 23.1. The second-order valence-electron chi connectivity index (χ2n) is 9.70. The molecule has 0 saturated heterocycles. The summed E-state index contributed by atoms with van der Waals surface area (Å²) < 4.78 is 2.01. The summed E-state index contributed by atoms with van der Waals surface area (Å²) in [6, 6.07) is 32.7. The van der Waals surface area contributed by atoms with E-state index in [9.17, 15) is 4.79 Å². The maximum Gasteiger partial charge on any atom is 0.323 e. The van der Waals surface area contributed by atoms with Crippen molar-refractivity contribution in [3.05, 3.63) is 121 Å². The van der Waals surface area contributed by atoms with Crippen LogP contribution in [-0.2, 0) is 6.42 Å². The molecule has 6 rings (SSSR count). The number of amides is 2. The van der Waals surface area contributed by atoms with E-state index in [4.69, 9.17) is 9.97 Å². The van der Waals surface area contributed by atoms with Crippen LogP contribution in [0.3, 0.4) is 0 Å². The Morgan fingerprint density at radius 1 is 0.786 bits per heavy atom. The maximum absolute atomic E-state index is 12.6. The SMILES string of the molecule is CNCCc1ccc(Nc2nccc(-c3c(-c4cccc(NC(=O)Nc5ccccc5)c4)nc4ccccn34)n2)cc1. The van der Waals surface area contributed by atoms with Gasteiger partial charge in [0.1, 0.15) is 5.65 Å². The van der Waals surface area contributed by atoms with Crippen LogP contribution >= 0.6 is 0 Å². The molecule has 0 radical (unpaired) electrons. The van der Waals surface area contributed by atoms with Crippen LogP contribution in [0.4, 0.5) is 27.8 Å². The molecule has 0 saturated carbocycles. The Bertz CT molecular complexity index is 1820. The number of pyridine rings is 1. The van der Waals surface area contributed by atoms with E-state index >= 15 is 0 Å². The maximum atomic E-state index is 12.6. The number of urea groups is 1. The van der Waals surface area contributed by atoms with Gasteiger partial charge < -0.3 is 21.3 Å². The molecule has 0 aliphatic heterocycles. The van der Waals surface area contributed by atoms with Gasteiger partial charge in [-0.25, -0.2) is 19.7 Å². The van der Waals surface area contributed by atoms with Gasteiger partial charge in [0.15, 0.2) is 0 Å². The number of likely N-dealkylation sites (N-methyl/N-ethyl adjacent to an activating group) is 1. The molecule has 0 fully saturated rings. The van der Waals surface area contributed by atoms with Crippen molar-refractivity contribution in [2.24, 2.45) is 0 Å². The number of nitrogens with zero attached hydrogens (tertiary/aromatic N) is 4. The summed E-state index contributed by atoms with van der Waals surface area (Å²) in [6.45, 7) is 0.930. The normalized spacial score (nSPS) is 10.9. The number of hydrogen-bond acceptors (Lipinski definition) is 6. The van der Waals surface area contributed by atoms with Crippen molar-refractivity contribution in [2.45, 2.75) is 6.42 Å². The van der Waals surface area contributed by atoms with E-state index < -0.39 is 0 Å². The van der Waals surface area contributed by atoms with Gasteiger partial charge in [-0.2, -0.15) is 0 Å². The fourth-order valence-corrected chi connectivity index (χ4v) is 4.71. The molecule has 0 unspecified atom stereocenters. The lowest BCUT2D eigenvalue weighted by Crippen LogP contribution is -2.19. The average molecular weight is 555 g/mol. The first-order chi connectivity index (χ1) is 20.7. The first-order valence-corrected chi connectivity index (χ1v) is 13.7. The third kappa shape index (κ3) is 6.11. The molecular weight excluding hydrogens is 524 g/mol. The fourth-order valence-electron chi connectivity index (χ4n) is 4.71. The van der Waals surface area contributed by atoms with Gasteiger partial charge >= 0.3 is 6.03 Å². The number of para-hydroxylation sites is 1. The minimum atomic E-state index is -0.324. The van der Waals surface area contributed by atoms with Crippen LogP contribution in [0.25, 0.3) is 28.3 Å². The zero-order chi connectivity index (χ0) is 28.7. The van der Waals surface area contributed by atoms with Crippen molar-refractivity contribution in [3.63, 3.8) is 0 Å². The number of fused-ring (bicyclic) bond motifs is 1. The zero-order valence-electron chi connectivity index (χ0n) is 23.1. The highest BCUT2D eigenvalue weighted by atomic mass is 16.2. The number of anilines is 4. The van der Waals surface area contributed by atoms with E-state index in [1.165, 1.54) is 5.56 Å². The molecule has 0 atom stereocenters. The molecule has 0 aliphatic rings. The first-order valence-electron chi connectivity index (χ1n) is 13.7. The molecular formula is C33H30N8O. The molecule has 42 heavy (non-hydrogen) atoms. The Hall–Kier alpha value is -5.54. The quantitative estimate of drug-likeness (QED) is 0.160. The summed E-state index contributed by atoms with van der Waals surface area (Å²) in [4.78, 5) is 26.9. The Kier molecular flexibility index (Phi) is 7.82. The lowest BCUT2D eigenvalue weighted by molar-refractivity contribution is 0.262. The van der Waals surface area contributed by atoms with Crippen molar-refractivity contribution in [3.8, 4) is 22.6 Å². The second-order valence-corrected chi connectivity index (χ2v) is 9.70. The number of hydrogen-bond donors (Lipinski definition) is 4. The summed E-state index contributed by atoms with van der Waals surface area (Å²) in [5.41, 5.74) is 7.44. The number of carbonyl (C=O) groups is 1. The van der Waals surface area contributed by atoms with E-state index in [0.717, 1.165) is 41.3 Å². The van der Waals surface area contributed by atoms with Crippen molar-refractivity contribution in [2.75, 3.05) is 29.5 Å². The molecule has 2 amide bonds. The predicted molar refractivity (Wildman–Crippen MR) is 168 cm³/mol. The van der Waals surface area contributed by atoms with E-state index in [1.54, 1.807) is 6.20 Å². The monoisotopic (exact) mass is 554 g/mol. The third-order valence-electron chi connectivity index (χ3n) is 6.73. The van der Waals surface area contributed by atoms with Gasteiger partial charge in [-0.05, 0) is 80.2 Å². The Balaban J connectivity index is 1.30. The van der Waals surface area contributed by atoms with Crippen LogP contribution < -0.4 is 21.3 Å². The van der Waals surface area contributed by atoms with Gasteiger partial charge in [0.25, 0.3) is 0 Å². The van der Waals surface area contributed by atoms with Crippen LogP contribution in [-0.4, -0.2) is 39.0 Å². The number of rotatable bonds is 9. The van der Waals surface area contributed by atoms with Crippen molar-refractivity contribution in [1.82, 2.24) is 24.7 Å². The van der Waals surface area contributed by atoms with Gasteiger partial charge in [0.05, 0.1) is 17.1 Å². The lowest BCUT2D eigenvalue weighted by atomic mass is 10.1. The molecule has 9 nitrogen and oxygen atoms in total. The average Bonchev–Trinajstić information content (AvgIpc) is 3.41. The first kappa shape index (κ1) is 26.7. The second kappa shape index (κ2) is 12.3. The highest BCUT2D eigenvalue weighted by molar-refractivity contribution is 6.00. The summed E-state index contributed by atoms with van der Waals surface area (Å²) in [5, 5.41) is 12.3. The molecule has 208 valence electrons. The molecule has 3 aromatic heterocycles. The Labute approximate surface area is 243 Å². The molecule has 0 spiro atoms. The molecule has 4 N–H and O–H groups in total. The number of imidazole rings is 1. The number of benzene rings is 3. The molecule has 0 bridgehead atoms. The number of nitrogens with one attached hydrogen (secondary N) is 4. The topological polar surface area (TPSA) is 108 Å². The predicted octanol–water partition coefficient (Wildman–Crippen LogP) is 6.61. The van der Waals surface area contributed by atoms with Gasteiger partial charge in [0.2, 0.25) is 5.95 Å². The van der Waals surface area contributed by atoms with Crippen LogP contribution in [0.2, 0.25) is 0 Å². The standard InChI is InChI=1S/C33H30N8O/c1-34-19-17-23-13-15-26(16-14-23)36-32-35-20-18-28(39-32)31-30(40-29-12-5-6-21-41(29)31)24-8-7-11-27(22-24)38-33(42)37-25-9-3-2-4-10-25/h2-16,18,20-22,34H,17,19H2,1H3,(H,35,36,39)(H2,37,38,42). The van der Waals surface area contributed by atoms with E-state index in [2.05, 4.69) is 38.4 Å². The van der Waals surface area contributed by atoms with E-state index in [-0.39, 0.29) is 6.03 Å². The Morgan fingerprint density at radius 3 is 2.40 bits per heavy atom. The minimum Gasteiger partial charge on any atom is -0.324 e. The highest BCUT2D eigenvalue weighted by Crippen LogP contribution is 2.33. The Morgan fingerprint density at radius 2 is 1.57 bits per heavy atom. The van der Waals surface area contributed by atoms with Crippen LogP contribution in [0, 0.1) is 0 Å². The molecule has 9 heteroatoms. The van der Waals surface area contributed by atoms with Gasteiger partial charge in [-0.3, -0.25) is 4.40 Å². The number of carbonyl (C=O) groups excluding carboxylic acids is 1. The summed E-state index contributed by atoms with van der Waals surface area (Å²) in [6.07, 6.45) is 4.67. The molecule has 6 aromatic rings. The molecule has 3 aromatic carbocycles. The smallest absolute Gasteiger partial charge is 0.323 e. The lowest BCUT2D eigenvalue weighted by Gasteiger charge is -2.10. The van der Waals surface area contributed by atoms with Crippen molar-refractivity contribution in [1.29, 1.82) is 0 Å². The van der Waals surface area contributed by atoms with Gasteiger partial charge in [-0.15, -0.1) is 0 Å². The van der Waals surface area contributed by atoms with Crippen LogP contribution in [0.5, 0.6) is 0 Å². The van der Waals surface area contributed by atoms with Gasteiger partial charge in [-0.1, -0.05) is 48.5 Å². The summed E-state index contributed by atoms with van der Waals surface area (Å²) in [5.74, 6) is 0.486. The number of aromatic nitrogens is 4. The van der Waals surface area contributed by atoms with Crippen molar-refractivity contribution >= 4 is 34.7 Å². The third-order valence-corrected chi connectivity index (χ3v) is 6.73.